The van der Waals surface area contributed by atoms with Crippen LogP contribution in [-0.2, 0) is 0 Å². The smallest absolute Gasteiger partial charge is 0.0991 e. The van der Waals surface area contributed by atoms with Gasteiger partial charge in [-0.2, -0.15) is 5.26 Å². The van der Waals surface area contributed by atoms with Crippen LogP contribution in [0.3, 0.4) is 0 Å². The van der Waals surface area contributed by atoms with Crippen LogP contribution in [0.15, 0.2) is 48.0 Å². The summed E-state index contributed by atoms with van der Waals surface area (Å²) < 4.78 is 0. The second kappa shape index (κ2) is 5.56. The van der Waals surface area contributed by atoms with Crippen molar-refractivity contribution < 1.29 is 0 Å². The summed E-state index contributed by atoms with van der Waals surface area (Å²) in [5.41, 5.74) is 2.67. The van der Waals surface area contributed by atoms with Crippen LogP contribution < -0.4 is 0 Å². The molecule has 0 radical (unpaired) electrons. The molecule has 0 aliphatic rings. The Labute approximate surface area is 89.9 Å². The molecule has 1 aromatic carbocycles. The van der Waals surface area contributed by atoms with Gasteiger partial charge in [0.2, 0.25) is 0 Å². The summed E-state index contributed by atoms with van der Waals surface area (Å²) in [5.74, 6) is 0. The van der Waals surface area contributed by atoms with Gasteiger partial charge in [-0.1, -0.05) is 30.9 Å². The number of nitrogens with zero attached hydrogens (tertiary/aromatic N) is 2. The van der Waals surface area contributed by atoms with Crippen LogP contribution in [0.4, 0.5) is 0 Å². The molecule has 0 spiro atoms. The SMILES string of the molecule is C=C/C=C(\C=NC)c1ccc(C#N)cc1. The third-order valence-corrected chi connectivity index (χ3v) is 1.91. The van der Waals surface area contributed by atoms with Crippen molar-refractivity contribution >= 4 is 11.8 Å². The maximum absolute atomic E-state index is 8.67. The van der Waals surface area contributed by atoms with E-state index in [1.54, 1.807) is 31.5 Å². The van der Waals surface area contributed by atoms with E-state index >= 15 is 0 Å². The van der Waals surface area contributed by atoms with Crippen molar-refractivity contribution in [2.45, 2.75) is 0 Å². The number of hydrogen-bond donors (Lipinski definition) is 0. The second-order valence-electron chi connectivity index (χ2n) is 2.93. The lowest BCUT2D eigenvalue weighted by atomic mass is 10.0. The molecule has 0 aliphatic carbocycles. The summed E-state index contributed by atoms with van der Waals surface area (Å²) in [5, 5.41) is 8.67. The molecule has 74 valence electrons. The molecule has 0 bridgehead atoms. The molecule has 0 aliphatic heterocycles. The van der Waals surface area contributed by atoms with Gasteiger partial charge in [0.25, 0.3) is 0 Å². The molecule has 2 heteroatoms. The molecule has 0 saturated carbocycles. The lowest BCUT2D eigenvalue weighted by Gasteiger charge is -2.00. The van der Waals surface area contributed by atoms with Gasteiger partial charge in [-0.3, -0.25) is 4.99 Å². The van der Waals surface area contributed by atoms with E-state index in [-0.39, 0.29) is 0 Å². The maximum atomic E-state index is 8.67. The number of hydrogen-bond acceptors (Lipinski definition) is 2. The number of allylic oxidation sites excluding steroid dienone is 3. The zero-order valence-electron chi connectivity index (χ0n) is 8.64. The van der Waals surface area contributed by atoms with Gasteiger partial charge in [-0.15, -0.1) is 0 Å². The van der Waals surface area contributed by atoms with Gasteiger partial charge in [-0.25, -0.2) is 0 Å². The molecule has 0 amide bonds. The van der Waals surface area contributed by atoms with Gasteiger partial charge in [-0.05, 0) is 23.3 Å². The molecule has 1 aromatic rings. The number of aliphatic imine (C=N–C) groups is 1. The highest BCUT2D eigenvalue weighted by atomic mass is 14.6. The van der Waals surface area contributed by atoms with E-state index in [1.165, 1.54) is 0 Å². The highest BCUT2D eigenvalue weighted by Gasteiger charge is 1.97. The lowest BCUT2D eigenvalue weighted by molar-refractivity contribution is 1.46. The fourth-order valence-electron chi connectivity index (χ4n) is 1.22. The van der Waals surface area contributed by atoms with Gasteiger partial charge in [0.15, 0.2) is 0 Å². The minimum absolute atomic E-state index is 0.658. The van der Waals surface area contributed by atoms with Crippen molar-refractivity contribution in [2.24, 2.45) is 4.99 Å². The highest BCUT2D eigenvalue weighted by molar-refractivity contribution is 6.10. The van der Waals surface area contributed by atoms with Gasteiger partial charge in [0, 0.05) is 13.3 Å². The fraction of sp³-hybridized carbons (Fsp3) is 0.0769. The third-order valence-electron chi connectivity index (χ3n) is 1.91. The quantitative estimate of drug-likeness (QED) is 0.541. The molecule has 1 rings (SSSR count). The predicted octanol–water partition coefficient (Wildman–Crippen LogP) is 2.83. The first-order valence-electron chi connectivity index (χ1n) is 4.57. The van der Waals surface area contributed by atoms with E-state index in [1.807, 2.05) is 18.2 Å². The molecule has 0 unspecified atom stereocenters. The third kappa shape index (κ3) is 2.92. The Morgan fingerprint density at radius 1 is 1.40 bits per heavy atom. The minimum atomic E-state index is 0.658. The molecule has 0 N–H and O–H groups in total. The van der Waals surface area contributed by atoms with E-state index in [0.29, 0.717) is 5.56 Å². The average Bonchev–Trinajstić information content (AvgIpc) is 2.29. The van der Waals surface area contributed by atoms with Crippen molar-refractivity contribution in [2.75, 3.05) is 7.05 Å². The monoisotopic (exact) mass is 196 g/mol. The Kier molecular flexibility index (Phi) is 4.05. The van der Waals surface area contributed by atoms with Crippen molar-refractivity contribution in [3.05, 3.63) is 54.1 Å². The Morgan fingerprint density at radius 2 is 2.07 bits per heavy atom. The molecule has 15 heavy (non-hydrogen) atoms. The van der Waals surface area contributed by atoms with E-state index in [2.05, 4.69) is 17.6 Å². The van der Waals surface area contributed by atoms with E-state index in [4.69, 9.17) is 5.26 Å². The Bertz CT molecular complexity index is 431. The lowest BCUT2D eigenvalue weighted by Crippen LogP contribution is -1.86. The summed E-state index contributed by atoms with van der Waals surface area (Å²) >= 11 is 0. The van der Waals surface area contributed by atoms with Crippen LogP contribution in [0, 0.1) is 11.3 Å². The van der Waals surface area contributed by atoms with Crippen molar-refractivity contribution in [3.8, 4) is 6.07 Å². The maximum Gasteiger partial charge on any atom is 0.0991 e. The topological polar surface area (TPSA) is 36.1 Å². The van der Waals surface area contributed by atoms with Gasteiger partial charge < -0.3 is 0 Å². The van der Waals surface area contributed by atoms with Gasteiger partial charge >= 0.3 is 0 Å². The molecule has 0 heterocycles. The summed E-state index contributed by atoms with van der Waals surface area (Å²) in [4.78, 5) is 3.97. The summed E-state index contributed by atoms with van der Waals surface area (Å²) in [6, 6.07) is 9.46. The van der Waals surface area contributed by atoms with E-state index in [0.717, 1.165) is 11.1 Å². The first-order chi connectivity index (χ1) is 7.31. The molecular weight excluding hydrogens is 184 g/mol. The zero-order valence-corrected chi connectivity index (χ0v) is 8.64. The second-order valence-corrected chi connectivity index (χ2v) is 2.93. The fourth-order valence-corrected chi connectivity index (χ4v) is 1.22. The first kappa shape index (κ1) is 10.9. The number of rotatable bonds is 3. The van der Waals surface area contributed by atoms with Crippen molar-refractivity contribution in [3.63, 3.8) is 0 Å². The molecule has 0 fully saturated rings. The van der Waals surface area contributed by atoms with Crippen molar-refractivity contribution in [1.29, 1.82) is 5.26 Å². The van der Waals surface area contributed by atoms with Gasteiger partial charge in [0.1, 0.15) is 0 Å². The predicted molar refractivity (Wildman–Crippen MR) is 63.7 cm³/mol. The largest absolute Gasteiger partial charge is 0.296 e. The van der Waals surface area contributed by atoms with Gasteiger partial charge in [0.05, 0.1) is 11.6 Å². The van der Waals surface area contributed by atoms with E-state index in [9.17, 15) is 0 Å². The number of nitriles is 1. The standard InChI is InChI=1S/C13H12N2/c1-3-4-13(10-15-2)12-7-5-11(9-14)6-8-12/h3-8,10H,1H2,2H3/b13-4+,15-10?. The highest BCUT2D eigenvalue weighted by Crippen LogP contribution is 2.13. The van der Waals surface area contributed by atoms with Crippen LogP contribution >= 0.6 is 0 Å². The Hall–Kier alpha value is -2.14. The van der Waals surface area contributed by atoms with Crippen LogP contribution in [0.5, 0.6) is 0 Å². The number of benzene rings is 1. The van der Waals surface area contributed by atoms with Crippen LogP contribution in [0.1, 0.15) is 11.1 Å². The molecular formula is C13H12N2. The van der Waals surface area contributed by atoms with Crippen LogP contribution in [-0.4, -0.2) is 13.3 Å². The summed E-state index contributed by atoms with van der Waals surface area (Å²) in [7, 11) is 1.72. The van der Waals surface area contributed by atoms with Crippen LogP contribution in [0.2, 0.25) is 0 Å². The van der Waals surface area contributed by atoms with E-state index < -0.39 is 0 Å². The molecule has 0 atom stereocenters. The summed E-state index contributed by atoms with van der Waals surface area (Å²) in [6.07, 6.45) is 5.37. The Morgan fingerprint density at radius 3 is 2.53 bits per heavy atom. The molecule has 0 aromatic heterocycles. The zero-order chi connectivity index (χ0) is 11.1. The van der Waals surface area contributed by atoms with Crippen LogP contribution in [0.25, 0.3) is 5.57 Å². The summed E-state index contributed by atoms with van der Waals surface area (Å²) in [6.45, 7) is 3.65. The van der Waals surface area contributed by atoms with Crippen molar-refractivity contribution in [1.82, 2.24) is 0 Å². The minimum Gasteiger partial charge on any atom is -0.296 e. The molecule has 2 nitrogen and oxygen atoms in total. The Balaban J connectivity index is 3.08. The molecule has 0 saturated heterocycles. The normalized spacial score (nSPS) is 11.3. The average molecular weight is 196 g/mol. The first-order valence-corrected chi connectivity index (χ1v) is 4.57.